The molecule has 2 aliphatic rings. The van der Waals surface area contributed by atoms with Crippen LogP contribution in [-0.4, -0.2) is 36.9 Å². The van der Waals surface area contributed by atoms with Gasteiger partial charge in [0.1, 0.15) is 0 Å². The molecule has 0 aromatic heterocycles. The average Bonchev–Trinajstić information content (AvgIpc) is 2.59. The minimum absolute atomic E-state index is 0.208. The third-order valence-electron chi connectivity index (χ3n) is 3.30. The normalized spacial score (nSPS) is 30.3. The van der Waals surface area contributed by atoms with Crippen molar-refractivity contribution in [2.45, 2.75) is 58.8 Å². The Morgan fingerprint density at radius 3 is 2.44 bits per heavy atom. The molecule has 1 heterocycles. The third-order valence-corrected chi connectivity index (χ3v) is 6.71. The molecule has 0 aromatic rings. The summed E-state index contributed by atoms with van der Waals surface area (Å²) in [5.74, 6) is -0.208. The van der Waals surface area contributed by atoms with Gasteiger partial charge in [0.15, 0.2) is 0 Å². The van der Waals surface area contributed by atoms with Crippen molar-refractivity contribution in [3.63, 3.8) is 0 Å². The van der Waals surface area contributed by atoms with E-state index in [1.54, 1.807) is 0 Å². The van der Waals surface area contributed by atoms with Gasteiger partial charge in [-0.1, -0.05) is 0 Å². The summed E-state index contributed by atoms with van der Waals surface area (Å²) in [6.45, 7) is 0.762. The first kappa shape index (κ1) is 12.9. The molecule has 3 heteroatoms. The molecule has 0 unspecified atom stereocenters. The summed E-state index contributed by atoms with van der Waals surface area (Å²) in [6.07, 6.45) is 8.53. The molecule has 0 aromatic carbocycles. The van der Waals surface area contributed by atoms with Crippen molar-refractivity contribution in [2.24, 2.45) is 0 Å². The van der Waals surface area contributed by atoms with Crippen LogP contribution < -0.4 is 0 Å². The van der Waals surface area contributed by atoms with Crippen LogP contribution in [0, 0.1) is 0 Å². The van der Waals surface area contributed by atoms with E-state index < -0.39 is 18.4 Å². The van der Waals surface area contributed by atoms with Gasteiger partial charge in [0.05, 0.1) is 0 Å². The van der Waals surface area contributed by atoms with Crippen LogP contribution >= 0.6 is 0 Å². The van der Waals surface area contributed by atoms with Crippen molar-refractivity contribution in [1.82, 2.24) is 0 Å². The summed E-state index contributed by atoms with van der Waals surface area (Å²) in [6, 6.07) is 0. The van der Waals surface area contributed by atoms with E-state index in [4.69, 9.17) is 9.47 Å². The average molecular weight is 331 g/mol. The molecule has 16 heavy (non-hydrogen) atoms. The van der Waals surface area contributed by atoms with Crippen molar-refractivity contribution < 1.29 is 9.47 Å². The SMILES string of the molecule is [CH3][Sn]([CH3])([CH3])/[CH]=C\[C@H]1COC2(CCCCC2)O1. The van der Waals surface area contributed by atoms with E-state index in [-0.39, 0.29) is 11.9 Å². The molecule has 2 nitrogen and oxygen atoms in total. The van der Waals surface area contributed by atoms with Crippen LogP contribution in [0.2, 0.25) is 14.8 Å². The Bertz CT molecular complexity index is 262. The van der Waals surface area contributed by atoms with Crippen LogP contribution in [-0.2, 0) is 9.47 Å². The second kappa shape index (κ2) is 4.99. The van der Waals surface area contributed by atoms with E-state index >= 15 is 0 Å². The van der Waals surface area contributed by atoms with Gasteiger partial charge in [-0.25, -0.2) is 0 Å². The Morgan fingerprint density at radius 2 is 1.81 bits per heavy atom. The number of hydrogen-bond acceptors (Lipinski definition) is 2. The maximum absolute atomic E-state index is 6.11. The second-order valence-electron chi connectivity index (χ2n) is 6.16. The summed E-state index contributed by atoms with van der Waals surface area (Å²) in [7, 11) is 0. The third kappa shape index (κ3) is 3.47. The van der Waals surface area contributed by atoms with E-state index in [1.807, 2.05) is 0 Å². The van der Waals surface area contributed by atoms with Gasteiger partial charge in [-0.15, -0.1) is 0 Å². The van der Waals surface area contributed by atoms with Gasteiger partial charge in [0.2, 0.25) is 0 Å². The van der Waals surface area contributed by atoms with Crippen molar-refractivity contribution >= 4 is 18.4 Å². The van der Waals surface area contributed by atoms with Crippen LogP contribution in [0.5, 0.6) is 0 Å². The Hall–Kier alpha value is 0.459. The summed E-state index contributed by atoms with van der Waals surface area (Å²) < 4.78 is 14.5. The Kier molecular flexibility index (Phi) is 4.02. The molecule has 1 atom stereocenters. The molecular formula is C13H24O2Sn. The summed E-state index contributed by atoms with van der Waals surface area (Å²) in [5, 5.41) is 0. The molecule has 1 saturated heterocycles. The zero-order chi connectivity index (χ0) is 11.6. The fourth-order valence-corrected chi connectivity index (χ4v) is 4.68. The van der Waals surface area contributed by atoms with Gasteiger partial charge >= 0.3 is 103 Å². The molecule has 2 fully saturated rings. The molecule has 1 saturated carbocycles. The second-order valence-corrected chi connectivity index (χ2v) is 20.6. The molecule has 92 valence electrons. The van der Waals surface area contributed by atoms with Crippen molar-refractivity contribution in [2.75, 3.05) is 6.61 Å². The topological polar surface area (TPSA) is 18.5 Å². The van der Waals surface area contributed by atoms with Gasteiger partial charge in [-0.3, -0.25) is 0 Å². The predicted octanol–water partition coefficient (Wildman–Crippen LogP) is 3.50. The Labute approximate surface area is 103 Å². The zero-order valence-corrected chi connectivity index (χ0v) is 13.6. The molecular weight excluding hydrogens is 307 g/mol. The quantitative estimate of drug-likeness (QED) is 0.721. The van der Waals surface area contributed by atoms with Gasteiger partial charge in [0.25, 0.3) is 0 Å². The minimum atomic E-state index is -1.78. The van der Waals surface area contributed by atoms with Crippen LogP contribution in [0.3, 0.4) is 0 Å². The van der Waals surface area contributed by atoms with Crippen molar-refractivity contribution in [3.05, 3.63) is 10.2 Å². The molecule has 0 bridgehead atoms. The van der Waals surface area contributed by atoms with E-state index in [1.165, 1.54) is 19.3 Å². The first-order chi connectivity index (χ1) is 7.49. The van der Waals surface area contributed by atoms with Crippen LogP contribution in [0.1, 0.15) is 32.1 Å². The van der Waals surface area contributed by atoms with Gasteiger partial charge in [-0.2, -0.15) is 0 Å². The van der Waals surface area contributed by atoms with Gasteiger partial charge in [0, 0.05) is 0 Å². The van der Waals surface area contributed by atoms with Crippen LogP contribution in [0.15, 0.2) is 10.2 Å². The van der Waals surface area contributed by atoms with Crippen LogP contribution in [0.4, 0.5) is 0 Å². The molecule has 1 aliphatic carbocycles. The Morgan fingerprint density at radius 1 is 1.12 bits per heavy atom. The maximum atomic E-state index is 6.11. The summed E-state index contributed by atoms with van der Waals surface area (Å²) in [5.41, 5.74) is 0. The standard InChI is InChI=1S/C10H15O2.3CH3.Sn/c1-2-9-8-11-10(12-9)6-4-3-5-7-10;;;;/h1-2,9H,3-8H2;3*1H3;/t9-;;;;/m0..../s1. The molecule has 1 aliphatic heterocycles. The monoisotopic (exact) mass is 332 g/mol. The number of hydrogen-bond donors (Lipinski definition) is 0. The molecule has 0 N–H and O–H groups in total. The van der Waals surface area contributed by atoms with E-state index in [9.17, 15) is 0 Å². The molecule has 2 rings (SSSR count). The fraction of sp³-hybridized carbons (Fsp3) is 0.846. The van der Waals surface area contributed by atoms with E-state index in [0.29, 0.717) is 0 Å². The first-order valence-electron chi connectivity index (χ1n) is 6.50. The Balaban J connectivity index is 1.90. The van der Waals surface area contributed by atoms with E-state index in [0.717, 1.165) is 19.4 Å². The number of rotatable bonds is 2. The first-order valence-corrected chi connectivity index (χ1v) is 16.7. The van der Waals surface area contributed by atoms with Gasteiger partial charge < -0.3 is 0 Å². The fourth-order valence-electron chi connectivity index (χ4n) is 2.42. The number of ether oxygens (including phenoxy) is 2. The van der Waals surface area contributed by atoms with Crippen molar-refractivity contribution in [1.29, 1.82) is 0 Å². The zero-order valence-electron chi connectivity index (χ0n) is 10.8. The van der Waals surface area contributed by atoms with E-state index in [2.05, 4.69) is 25.0 Å². The van der Waals surface area contributed by atoms with Crippen molar-refractivity contribution in [3.8, 4) is 0 Å². The predicted molar refractivity (Wildman–Crippen MR) is 69.1 cm³/mol. The molecule has 0 radical (unpaired) electrons. The molecule has 0 amide bonds. The summed E-state index contributed by atoms with van der Waals surface area (Å²) >= 11 is -1.78. The summed E-state index contributed by atoms with van der Waals surface area (Å²) in [4.78, 5) is 7.24. The van der Waals surface area contributed by atoms with Crippen LogP contribution in [0.25, 0.3) is 0 Å². The van der Waals surface area contributed by atoms with Gasteiger partial charge in [-0.05, 0) is 0 Å². The molecule has 1 spiro atoms.